The molecule has 182 valence electrons. The van der Waals surface area contributed by atoms with Gasteiger partial charge in [-0.2, -0.15) is 9.50 Å². The molecule has 0 fully saturated rings. The van der Waals surface area contributed by atoms with E-state index in [9.17, 15) is 9.59 Å². The number of carbonyl (C=O) groups excluding carboxylic acids is 1. The molecule has 8 heteroatoms. The molecule has 0 unspecified atom stereocenters. The van der Waals surface area contributed by atoms with E-state index < -0.39 is 0 Å². The lowest BCUT2D eigenvalue weighted by atomic mass is 10.1. The summed E-state index contributed by atoms with van der Waals surface area (Å²) in [5, 5.41) is 4.45. The summed E-state index contributed by atoms with van der Waals surface area (Å²) in [4.78, 5) is 33.9. The maximum atomic E-state index is 13.7. The van der Waals surface area contributed by atoms with E-state index in [0.717, 1.165) is 27.9 Å². The third-order valence-electron chi connectivity index (χ3n) is 6.25. The number of fused-ring (bicyclic) bond motifs is 2. The fourth-order valence-electron chi connectivity index (χ4n) is 4.40. The Morgan fingerprint density at radius 2 is 1.76 bits per heavy atom. The number of aryl methyl sites for hydroxylation is 1. The number of benzene rings is 3. The summed E-state index contributed by atoms with van der Waals surface area (Å²) < 4.78 is 7.15. The molecule has 0 saturated carbocycles. The van der Waals surface area contributed by atoms with Crippen LogP contribution in [-0.2, 0) is 11.3 Å². The zero-order valence-corrected chi connectivity index (χ0v) is 20.9. The highest BCUT2D eigenvalue weighted by Crippen LogP contribution is 2.36. The molecule has 3 heterocycles. The number of rotatable bonds is 6. The summed E-state index contributed by atoms with van der Waals surface area (Å²) in [5.74, 6) is 0.953. The van der Waals surface area contributed by atoms with Gasteiger partial charge in [-0.25, -0.2) is 0 Å². The number of nitrogens with zero attached hydrogens (tertiary/aromatic N) is 4. The van der Waals surface area contributed by atoms with Crippen LogP contribution in [0.15, 0.2) is 90.2 Å². The van der Waals surface area contributed by atoms with E-state index in [1.54, 1.807) is 11.0 Å². The minimum absolute atomic E-state index is 0.196. The molecule has 37 heavy (non-hydrogen) atoms. The number of ether oxygens (including phenoxy) is 1. The number of thiazole rings is 1. The molecular formula is C29H22N4O3S. The van der Waals surface area contributed by atoms with Gasteiger partial charge in [0.1, 0.15) is 16.9 Å². The number of anilines is 1. The van der Waals surface area contributed by atoms with Gasteiger partial charge in [0.25, 0.3) is 11.5 Å². The fourth-order valence-corrected chi connectivity index (χ4v) is 5.39. The van der Waals surface area contributed by atoms with Gasteiger partial charge < -0.3 is 9.64 Å². The second-order valence-electron chi connectivity index (χ2n) is 8.76. The largest absolute Gasteiger partial charge is 0.490 e. The minimum atomic E-state index is -0.347. The highest BCUT2D eigenvalue weighted by Gasteiger charge is 2.34. The Morgan fingerprint density at radius 1 is 1.00 bits per heavy atom. The maximum absolute atomic E-state index is 13.7. The molecule has 2 aromatic heterocycles. The quantitative estimate of drug-likeness (QED) is 0.323. The van der Waals surface area contributed by atoms with Crippen LogP contribution >= 0.6 is 11.3 Å². The van der Waals surface area contributed by atoms with Gasteiger partial charge in [-0.05, 0) is 42.8 Å². The average Bonchev–Trinajstić information content (AvgIpc) is 3.55. The van der Waals surface area contributed by atoms with Crippen LogP contribution in [-0.4, -0.2) is 27.1 Å². The van der Waals surface area contributed by atoms with Crippen molar-refractivity contribution in [3.63, 3.8) is 0 Å². The third-order valence-corrected chi connectivity index (χ3v) is 7.28. The number of hydrogen-bond donors (Lipinski definition) is 0. The van der Waals surface area contributed by atoms with Crippen molar-refractivity contribution < 1.29 is 9.53 Å². The van der Waals surface area contributed by atoms with Gasteiger partial charge in [0.15, 0.2) is 5.82 Å². The van der Waals surface area contributed by atoms with E-state index in [1.807, 2.05) is 79.7 Å². The highest BCUT2D eigenvalue weighted by molar-refractivity contribution is 7.15. The summed E-state index contributed by atoms with van der Waals surface area (Å²) in [6.07, 6.45) is 1.68. The Balaban J connectivity index is 1.40. The smallest absolute Gasteiger partial charge is 0.291 e. The fraction of sp³-hybridized carbons (Fsp3) is 0.103. The predicted molar refractivity (Wildman–Crippen MR) is 145 cm³/mol. The topological polar surface area (TPSA) is 76.8 Å². The molecule has 0 radical (unpaired) electrons. The Bertz CT molecular complexity index is 1770. The molecule has 0 aliphatic carbocycles. The number of carbonyl (C=O) groups is 1. The van der Waals surface area contributed by atoms with Crippen molar-refractivity contribution in [3.05, 3.63) is 117 Å². The van der Waals surface area contributed by atoms with Gasteiger partial charge in [-0.1, -0.05) is 72.0 Å². The van der Waals surface area contributed by atoms with Crippen molar-refractivity contribution in [2.45, 2.75) is 13.5 Å². The SMILES string of the molecule is C=CCOc1ccc(-c2nc3s/c(=C4\C(=O)N(Cc5ccc(C)cc5)c5ccccc54)c(=O)n3n2)cc1. The number of hydrogen-bond acceptors (Lipinski definition) is 6. The van der Waals surface area contributed by atoms with Crippen LogP contribution in [0.1, 0.15) is 16.7 Å². The van der Waals surface area contributed by atoms with Crippen molar-refractivity contribution in [1.29, 1.82) is 0 Å². The van der Waals surface area contributed by atoms with Gasteiger partial charge >= 0.3 is 0 Å². The molecule has 1 aliphatic heterocycles. The second kappa shape index (κ2) is 9.15. The van der Waals surface area contributed by atoms with E-state index in [-0.39, 0.29) is 11.5 Å². The van der Waals surface area contributed by atoms with Crippen molar-refractivity contribution in [2.75, 3.05) is 11.5 Å². The molecular weight excluding hydrogens is 484 g/mol. The lowest BCUT2D eigenvalue weighted by molar-refractivity contribution is -0.113. The van der Waals surface area contributed by atoms with Gasteiger partial charge in [-0.15, -0.1) is 5.10 Å². The number of amides is 1. The number of para-hydroxylation sites is 1. The Hall–Kier alpha value is -4.56. The first-order valence-corrected chi connectivity index (χ1v) is 12.6. The Kier molecular flexibility index (Phi) is 5.65. The third kappa shape index (κ3) is 4.01. The van der Waals surface area contributed by atoms with Crippen LogP contribution in [0.2, 0.25) is 0 Å². The first kappa shape index (κ1) is 22.9. The van der Waals surface area contributed by atoms with Crippen LogP contribution in [0.25, 0.3) is 21.9 Å². The molecule has 3 aromatic carbocycles. The minimum Gasteiger partial charge on any atom is -0.490 e. The highest BCUT2D eigenvalue weighted by atomic mass is 32.1. The molecule has 0 N–H and O–H groups in total. The summed E-state index contributed by atoms with van der Waals surface area (Å²) in [5.41, 5.74) is 4.53. The molecule has 6 rings (SSSR count). The van der Waals surface area contributed by atoms with E-state index in [4.69, 9.17) is 4.74 Å². The number of aromatic nitrogens is 3. The molecule has 7 nitrogen and oxygen atoms in total. The van der Waals surface area contributed by atoms with Crippen molar-refractivity contribution in [3.8, 4) is 17.1 Å². The first-order chi connectivity index (χ1) is 18.0. The summed E-state index contributed by atoms with van der Waals surface area (Å²) >= 11 is 1.19. The van der Waals surface area contributed by atoms with Gasteiger partial charge in [-0.3, -0.25) is 9.59 Å². The van der Waals surface area contributed by atoms with Gasteiger partial charge in [0.2, 0.25) is 4.96 Å². The van der Waals surface area contributed by atoms with Crippen LogP contribution < -0.4 is 19.7 Å². The second-order valence-corrected chi connectivity index (χ2v) is 9.74. The first-order valence-electron chi connectivity index (χ1n) is 11.8. The van der Waals surface area contributed by atoms with Crippen LogP contribution in [0.3, 0.4) is 0 Å². The van der Waals surface area contributed by atoms with Crippen LogP contribution in [0.5, 0.6) is 5.75 Å². The Labute approximate surface area is 216 Å². The van der Waals surface area contributed by atoms with Gasteiger partial charge in [0.05, 0.1) is 17.8 Å². The molecule has 0 bridgehead atoms. The predicted octanol–water partition coefficient (Wildman–Crippen LogP) is 4.16. The maximum Gasteiger partial charge on any atom is 0.291 e. The van der Waals surface area contributed by atoms with E-state index in [2.05, 4.69) is 16.7 Å². The normalized spacial score (nSPS) is 14.3. The van der Waals surface area contributed by atoms with Crippen molar-refractivity contribution in [1.82, 2.24) is 14.6 Å². The molecule has 0 saturated heterocycles. The molecule has 5 aromatic rings. The van der Waals surface area contributed by atoms with E-state index in [1.165, 1.54) is 15.9 Å². The summed E-state index contributed by atoms with van der Waals surface area (Å²) in [6.45, 7) is 6.52. The van der Waals surface area contributed by atoms with Crippen LogP contribution in [0, 0.1) is 6.92 Å². The zero-order valence-electron chi connectivity index (χ0n) is 20.0. The summed E-state index contributed by atoms with van der Waals surface area (Å²) in [7, 11) is 0. The monoisotopic (exact) mass is 506 g/mol. The molecule has 0 spiro atoms. The average molecular weight is 507 g/mol. The Morgan fingerprint density at radius 3 is 2.49 bits per heavy atom. The van der Waals surface area contributed by atoms with Crippen molar-refractivity contribution in [2.24, 2.45) is 0 Å². The van der Waals surface area contributed by atoms with Crippen LogP contribution in [0.4, 0.5) is 5.69 Å². The summed E-state index contributed by atoms with van der Waals surface area (Å²) in [6, 6.07) is 23.0. The van der Waals surface area contributed by atoms with E-state index in [0.29, 0.717) is 39.8 Å². The zero-order chi connectivity index (χ0) is 25.5. The molecule has 0 atom stereocenters. The molecule has 1 aliphatic rings. The van der Waals surface area contributed by atoms with Gasteiger partial charge in [0, 0.05) is 11.1 Å². The lowest BCUT2D eigenvalue weighted by Gasteiger charge is -2.17. The van der Waals surface area contributed by atoms with E-state index >= 15 is 0 Å². The standard InChI is InChI=1S/C29H22N4O3S/c1-3-16-36-21-14-12-20(13-15-21)26-30-29-33(31-26)28(35)25(37-29)24-22-6-4-5-7-23(22)32(27(24)34)17-19-10-8-18(2)9-11-19/h3-15H,1,16-17H2,2H3/b25-24-. The lowest BCUT2D eigenvalue weighted by Crippen LogP contribution is -2.32. The van der Waals surface area contributed by atoms with Crippen molar-refractivity contribution >= 4 is 33.5 Å². The molecule has 1 amide bonds.